The first kappa shape index (κ1) is 22.0. The lowest BCUT2D eigenvalue weighted by molar-refractivity contribution is 0.670. The Morgan fingerprint density at radius 3 is 1.90 bits per heavy atom. The molecule has 0 amide bonds. The fourth-order valence-electron chi connectivity index (χ4n) is 6.54. The van der Waals surface area contributed by atoms with E-state index in [4.69, 9.17) is 4.42 Å². The molecule has 39 heavy (non-hydrogen) atoms. The molecule has 6 aromatic carbocycles. The molecule has 1 aliphatic carbocycles. The average Bonchev–Trinajstić information content (AvgIpc) is 3.53. The van der Waals surface area contributed by atoms with Crippen molar-refractivity contribution in [2.45, 2.75) is 5.41 Å². The standard InChI is InChI=1S/C37H25NO/c1-2-12-25(13-3-1)37(32-20-7-4-16-28(32)29-17-5-8-21-33(29)37)26-14-10-15-27(24-26)38-34-22-11-19-31-30-18-6-9-23-35(30)39-36(31)34/h1-24,38H. The third-order valence-corrected chi connectivity index (χ3v) is 8.14. The van der Waals surface area contributed by atoms with E-state index in [1.807, 2.05) is 12.1 Å². The van der Waals surface area contributed by atoms with Crippen molar-refractivity contribution in [3.63, 3.8) is 0 Å². The molecular weight excluding hydrogens is 474 g/mol. The Kier molecular flexibility index (Phi) is 4.77. The molecule has 1 N–H and O–H groups in total. The van der Waals surface area contributed by atoms with Gasteiger partial charge in [-0.15, -0.1) is 0 Å². The zero-order chi connectivity index (χ0) is 25.8. The summed E-state index contributed by atoms with van der Waals surface area (Å²) in [4.78, 5) is 0. The molecule has 0 aliphatic heterocycles. The molecule has 0 fully saturated rings. The van der Waals surface area contributed by atoms with E-state index in [-0.39, 0.29) is 0 Å². The van der Waals surface area contributed by atoms with Gasteiger partial charge < -0.3 is 9.73 Å². The summed E-state index contributed by atoms with van der Waals surface area (Å²) >= 11 is 0. The maximum atomic E-state index is 6.31. The molecule has 1 aromatic heterocycles. The van der Waals surface area contributed by atoms with Crippen molar-refractivity contribution in [3.05, 3.63) is 168 Å². The van der Waals surface area contributed by atoms with Crippen LogP contribution in [0.3, 0.4) is 0 Å². The van der Waals surface area contributed by atoms with Crippen LogP contribution in [0.4, 0.5) is 11.4 Å². The minimum atomic E-state index is -0.419. The quantitative estimate of drug-likeness (QED) is 0.261. The molecule has 0 bridgehead atoms. The fraction of sp³-hybridized carbons (Fsp3) is 0.0270. The molecule has 0 radical (unpaired) electrons. The summed E-state index contributed by atoms with van der Waals surface area (Å²) in [5, 5.41) is 5.94. The molecular formula is C37H25NO. The zero-order valence-electron chi connectivity index (χ0n) is 21.3. The van der Waals surface area contributed by atoms with Crippen LogP contribution in [0.25, 0.3) is 33.1 Å². The van der Waals surface area contributed by atoms with Gasteiger partial charge in [0.25, 0.3) is 0 Å². The van der Waals surface area contributed by atoms with Crippen molar-refractivity contribution in [1.82, 2.24) is 0 Å². The highest BCUT2D eigenvalue weighted by Crippen LogP contribution is 2.56. The maximum Gasteiger partial charge on any atom is 0.158 e. The summed E-state index contributed by atoms with van der Waals surface area (Å²) in [6, 6.07) is 52.0. The molecule has 7 aromatic rings. The Hall–Kier alpha value is -5.08. The highest BCUT2D eigenvalue weighted by molar-refractivity contribution is 6.09. The summed E-state index contributed by atoms with van der Waals surface area (Å²) in [7, 11) is 0. The number of nitrogens with one attached hydrogen (secondary N) is 1. The Morgan fingerprint density at radius 2 is 1.10 bits per heavy atom. The molecule has 1 heterocycles. The number of para-hydroxylation sites is 2. The first-order valence-corrected chi connectivity index (χ1v) is 13.4. The predicted molar refractivity (Wildman–Crippen MR) is 161 cm³/mol. The normalized spacial score (nSPS) is 13.3. The van der Waals surface area contributed by atoms with E-state index in [9.17, 15) is 0 Å². The van der Waals surface area contributed by atoms with E-state index >= 15 is 0 Å². The monoisotopic (exact) mass is 499 g/mol. The minimum Gasteiger partial charge on any atom is -0.454 e. The van der Waals surface area contributed by atoms with Crippen molar-refractivity contribution >= 4 is 33.3 Å². The lowest BCUT2D eigenvalue weighted by atomic mass is 9.67. The van der Waals surface area contributed by atoms with Crippen LogP contribution in [-0.4, -0.2) is 0 Å². The van der Waals surface area contributed by atoms with Crippen LogP contribution in [0.1, 0.15) is 22.3 Å². The van der Waals surface area contributed by atoms with E-state index in [1.165, 1.54) is 33.4 Å². The molecule has 1 aliphatic rings. The number of benzene rings is 6. The van der Waals surface area contributed by atoms with Gasteiger partial charge in [-0.25, -0.2) is 0 Å². The lowest BCUT2D eigenvalue weighted by Gasteiger charge is -2.34. The minimum absolute atomic E-state index is 0.419. The summed E-state index contributed by atoms with van der Waals surface area (Å²) in [5.41, 5.74) is 11.0. The van der Waals surface area contributed by atoms with Gasteiger partial charge in [-0.1, -0.05) is 121 Å². The number of anilines is 2. The summed E-state index contributed by atoms with van der Waals surface area (Å²) in [5.74, 6) is 0. The molecule has 0 spiro atoms. The van der Waals surface area contributed by atoms with Gasteiger partial charge in [-0.3, -0.25) is 0 Å². The second-order valence-corrected chi connectivity index (χ2v) is 10.2. The molecule has 0 atom stereocenters. The van der Waals surface area contributed by atoms with E-state index in [1.54, 1.807) is 0 Å². The van der Waals surface area contributed by atoms with Crippen molar-refractivity contribution < 1.29 is 4.42 Å². The van der Waals surface area contributed by atoms with Gasteiger partial charge in [0, 0.05) is 16.5 Å². The van der Waals surface area contributed by atoms with Crippen molar-refractivity contribution in [2.24, 2.45) is 0 Å². The van der Waals surface area contributed by atoms with E-state index in [0.29, 0.717) is 0 Å². The van der Waals surface area contributed by atoms with Crippen LogP contribution < -0.4 is 5.32 Å². The zero-order valence-corrected chi connectivity index (χ0v) is 21.3. The largest absolute Gasteiger partial charge is 0.454 e. The highest BCUT2D eigenvalue weighted by atomic mass is 16.3. The Balaban J connectivity index is 1.34. The molecule has 8 rings (SSSR count). The average molecular weight is 500 g/mol. The number of hydrogen-bond donors (Lipinski definition) is 1. The first-order valence-electron chi connectivity index (χ1n) is 13.4. The van der Waals surface area contributed by atoms with Gasteiger partial charge >= 0.3 is 0 Å². The maximum absolute atomic E-state index is 6.31. The topological polar surface area (TPSA) is 25.2 Å². The van der Waals surface area contributed by atoms with Gasteiger partial charge in [-0.05, 0) is 57.6 Å². The third kappa shape index (κ3) is 3.15. The fourth-order valence-corrected chi connectivity index (χ4v) is 6.54. The molecule has 184 valence electrons. The number of fused-ring (bicyclic) bond motifs is 6. The predicted octanol–water partition coefficient (Wildman–Crippen LogP) is 9.69. The van der Waals surface area contributed by atoms with Gasteiger partial charge in [0.05, 0.1) is 11.1 Å². The van der Waals surface area contributed by atoms with Crippen molar-refractivity contribution in [1.29, 1.82) is 0 Å². The van der Waals surface area contributed by atoms with E-state index in [0.717, 1.165) is 33.3 Å². The number of furan rings is 1. The second kappa shape index (κ2) is 8.47. The first-order chi connectivity index (χ1) is 19.3. The lowest BCUT2D eigenvalue weighted by Crippen LogP contribution is -2.28. The number of rotatable bonds is 4. The van der Waals surface area contributed by atoms with Crippen LogP contribution in [-0.2, 0) is 5.41 Å². The SMILES string of the molecule is c1ccc(C2(c3cccc(Nc4cccc5c4oc4ccccc45)c3)c3ccccc3-c3ccccc32)cc1. The summed E-state index contributed by atoms with van der Waals surface area (Å²) < 4.78 is 6.31. The molecule has 2 heteroatoms. The molecule has 2 nitrogen and oxygen atoms in total. The molecule has 0 unspecified atom stereocenters. The Labute approximate surface area is 227 Å². The van der Waals surface area contributed by atoms with Crippen LogP contribution in [0.2, 0.25) is 0 Å². The highest BCUT2D eigenvalue weighted by Gasteiger charge is 2.45. The van der Waals surface area contributed by atoms with Crippen LogP contribution >= 0.6 is 0 Å². The molecule has 0 saturated carbocycles. The second-order valence-electron chi connectivity index (χ2n) is 10.2. The van der Waals surface area contributed by atoms with Crippen LogP contribution in [0, 0.1) is 0 Å². The van der Waals surface area contributed by atoms with Gasteiger partial charge in [-0.2, -0.15) is 0 Å². The van der Waals surface area contributed by atoms with Crippen LogP contribution in [0.15, 0.2) is 150 Å². The van der Waals surface area contributed by atoms with Gasteiger partial charge in [0.2, 0.25) is 0 Å². The number of hydrogen-bond acceptors (Lipinski definition) is 2. The Morgan fingerprint density at radius 1 is 0.487 bits per heavy atom. The third-order valence-electron chi connectivity index (χ3n) is 8.14. The van der Waals surface area contributed by atoms with Gasteiger partial charge in [0.1, 0.15) is 5.58 Å². The molecule has 0 saturated heterocycles. The smallest absolute Gasteiger partial charge is 0.158 e. The Bertz CT molecular complexity index is 1950. The summed E-state index contributed by atoms with van der Waals surface area (Å²) in [6.07, 6.45) is 0. The van der Waals surface area contributed by atoms with Crippen LogP contribution in [0.5, 0.6) is 0 Å². The van der Waals surface area contributed by atoms with Crippen molar-refractivity contribution in [3.8, 4) is 11.1 Å². The van der Waals surface area contributed by atoms with E-state index in [2.05, 4.69) is 139 Å². The van der Waals surface area contributed by atoms with E-state index < -0.39 is 5.41 Å². The van der Waals surface area contributed by atoms with Gasteiger partial charge in [0.15, 0.2) is 5.58 Å². The summed E-state index contributed by atoms with van der Waals surface area (Å²) in [6.45, 7) is 0. The van der Waals surface area contributed by atoms with Crippen molar-refractivity contribution in [2.75, 3.05) is 5.32 Å².